The molecule has 0 saturated carbocycles. The molecule has 1 aromatic heterocycles. The van der Waals surface area contributed by atoms with Crippen LogP contribution in [0.1, 0.15) is 35.9 Å². The van der Waals surface area contributed by atoms with Gasteiger partial charge in [-0.3, -0.25) is 4.79 Å². The summed E-state index contributed by atoms with van der Waals surface area (Å²) >= 11 is 0. The number of hydrogen-bond donors (Lipinski definition) is 0. The highest BCUT2D eigenvalue weighted by Gasteiger charge is 2.36. The second kappa shape index (κ2) is 6.90. The van der Waals surface area contributed by atoms with Crippen LogP contribution >= 0.6 is 0 Å². The van der Waals surface area contributed by atoms with Crippen LogP contribution in [0.3, 0.4) is 0 Å². The lowest BCUT2D eigenvalue weighted by atomic mass is 10.1. The van der Waals surface area contributed by atoms with Gasteiger partial charge in [-0.15, -0.1) is 0 Å². The average Bonchev–Trinajstić information content (AvgIpc) is 3.25. The van der Waals surface area contributed by atoms with Gasteiger partial charge >= 0.3 is 0 Å². The Hall–Kier alpha value is -3.09. The zero-order valence-corrected chi connectivity index (χ0v) is 14.7. The van der Waals surface area contributed by atoms with Gasteiger partial charge in [-0.1, -0.05) is 35.0 Å². The summed E-state index contributed by atoms with van der Waals surface area (Å²) in [6.07, 6.45) is 0.729. The Morgan fingerprint density at radius 3 is 2.67 bits per heavy atom. The van der Waals surface area contributed by atoms with E-state index in [4.69, 9.17) is 4.52 Å². The Morgan fingerprint density at radius 2 is 1.93 bits per heavy atom. The first-order chi connectivity index (χ1) is 13.0. The highest BCUT2D eigenvalue weighted by atomic mass is 19.1. The predicted molar refractivity (Wildman–Crippen MR) is 93.4 cm³/mol. The van der Waals surface area contributed by atoms with Crippen LogP contribution in [-0.4, -0.2) is 20.9 Å². The number of carbonyl (C=O) groups excluding carboxylic acids is 1. The number of carbonyl (C=O) groups is 1. The standard InChI is InChI=1S/C20H17F2N3O2/c1-12-4-2-5-13(10-12)19-23-20(27-24-19)17-8-9-18(26)25(17)11-14-15(21)6-3-7-16(14)22/h2-7,10,17H,8-9,11H2,1H3. The SMILES string of the molecule is Cc1cccc(-c2noc(C3CCC(=O)N3Cc3c(F)cccc3F)n2)c1. The number of rotatable bonds is 4. The van der Waals surface area contributed by atoms with Crippen molar-refractivity contribution in [3.63, 3.8) is 0 Å². The van der Waals surface area contributed by atoms with Crippen molar-refractivity contribution in [1.82, 2.24) is 15.0 Å². The van der Waals surface area contributed by atoms with Crippen molar-refractivity contribution in [2.45, 2.75) is 32.4 Å². The summed E-state index contributed by atoms with van der Waals surface area (Å²) in [5, 5.41) is 4.00. The number of halogens is 2. The lowest BCUT2D eigenvalue weighted by Crippen LogP contribution is -2.28. The molecule has 1 amide bonds. The van der Waals surface area contributed by atoms with Crippen molar-refractivity contribution in [3.8, 4) is 11.4 Å². The summed E-state index contributed by atoms with van der Waals surface area (Å²) < 4.78 is 33.4. The van der Waals surface area contributed by atoms with Gasteiger partial charge in [0.15, 0.2) is 0 Å². The van der Waals surface area contributed by atoms with Gasteiger partial charge in [0.1, 0.15) is 17.7 Å². The monoisotopic (exact) mass is 369 g/mol. The number of benzene rings is 2. The molecular weight excluding hydrogens is 352 g/mol. The van der Waals surface area contributed by atoms with E-state index in [1.54, 1.807) is 0 Å². The molecule has 0 N–H and O–H groups in total. The molecule has 2 heterocycles. The van der Waals surface area contributed by atoms with Gasteiger partial charge in [0.2, 0.25) is 17.6 Å². The van der Waals surface area contributed by atoms with Crippen molar-refractivity contribution in [2.75, 3.05) is 0 Å². The van der Waals surface area contributed by atoms with Crippen molar-refractivity contribution in [2.24, 2.45) is 0 Å². The molecule has 1 saturated heterocycles. The number of amides is 1. The van der Waals surface area contributed by atoms with E-state index in [2.05, 4.69) is 10.1 Å². The van der Waals surface area contributed by atoms with Crippen LogP contribution in [0, 0.1) is 18.6 Å². The van der Waals surface area contributed by atoms with E-state index in [9.17, 15) is 13.6 Å². The summed E-state index contributed by atoms with van der Waals surface area (Å²) in [7, 11) is 0. The topological polar surface area (TPSA) is 59.2 Å². The van der Waals surface area contributed by atoms with Crippen LogP contribution in [0.2, 0.25) is 0 Å². The van der Waals surface area contributed by atoms with Gasteiger partial charge in [-0.25, -0.2) is 8.78 Å². The number of aryl methyl sites for hydroxylation is 1. The van der Waals surface area contributed by atoms with Gasteiger partial charge < -0.3 is 9.42 Å². The molecule has 1 aliphatic rings. The molecule has 4 rings (SSSR count). The molecule has 7 heteroatoms. The minimum absolute atomic E-state index is 0.142. The van der Waals surface area contributed by atoms with Crippen molar-refractivity contribution in [3.05, 3.63) is 71.1 Å². The highest BCUT2D eigenvalue weighted by molar-refractivity contribution is 5.78. The van der Waals surface area contributed by atoms with Crippen LogP contribution in [0.4, 0.5) is 8.78 Å². The summed E-state index contributed by atoms with van der Waals surface area (Å²) in [6.45, 7) is 1.79. The Morgan fingerprint density at radius 1 is 1.19 bits per heavy atom. The molecular formula is C20H17F2N3O2. The van der Waals surface area contributed by atoms with Crippen LogP contribution in [-0.2, 0) is 11.3 Å². The van der Waals surface area contributed by atoms with E-state index in [0.717, 1.165) is 11.1 Å². The molecule has 0 aliphatic carbocycles. The third-order valence-corrected chi connectivity index (χ3v) is 4.72. The summed E-state index contributed by atoms with van der Waals surface area (Å²) in [5.41, 5.74) is 1.73. The Balaban J connectivity index is 1.62. The maximum Gasteiger partial charge on any atom is 0.249 e. The molecule has 3 aromatic rings. The van der Waals surface area contributed by atoms with E-state index in [1.165, 1.54) is 23.1 Å². The zero-order valence-electron chi connectivity index (χ0n) is 14.7. The normalized spacial score (nSPS) is 16.9. The molecule has 5 nitrogen and oxygen atoms in total. The first-order valence-electron chi connectivity index (χ1n) is 8.66. The molecule has 138 valence electrons. The summed E-state index contributed by atoms with van der Waals surface area (Å²) in [5.74, 6) is -0.865. The van der Waals surface area contributed by atoms with Gasteiger partial charge in [-0.05, 0) is 31.5 Å². The molecule has 27 heavy (non-hydrogen) atoms. The maximum atomic E-state index is 14.0. The van der Waals surface area contributed by atoms with Crippen LogP contribution < -0.4 is 0 Å². The highest BCUT2D eigenvalue weighted by Crippen LogP contribution is 2.34. The average molecular weight is 369 g/mol. The number of hydrogen-bond acceptors (Lipinski definition) is 4. The Kier molecular flexibility index (Phi) is 4.43. The number of aromatic nitrogens is 2. The van der Waals surface area contributed by atoms with Gasteiger partial charge in [0, 0.05) is 17.5 Å². The lowest BCUT2D eigenvalue weighted by molar-refractivity contribution is -0.130. The van der Waals surface area contributed by atoms with E-state index >= 15 is 0 Å². The minimum Gasteiger partial charge on any atom is -0.337 e. The largest absolute Gasteiger partial charge is 0.337 e. The maximum absolute atomic E-state index is 14.0. The molecule has 1 unspecified atom stereocenters. The van der Waals surface area contributed by atoms with Crippen LogP contribution in [0.15, 0.2) is 47.0 Å². The van der Waals surface area contributed by atoms with E-state index in [1.807, 2.05) is 31.2 Å². The third-order valence-electron chi connectivity index (χ3n) is 4.72. The van der Waals surface area contributed by atoms with Gasteiger partial charge in [-0.2, -0.15) is 4.98 Å². The molecule has 1 fully saturated rings. The first kappa shape index (κ1) is 17.3. The van der Waals surface area contributed by atoms with E-state index < -0.39 is 17.7 Å². The van der Waals surface area contributed by atoms with Crippen molar-refractivity contribution >= 4 is 5.91 Å². The van der Waals surface area contributed by atoms with E-state index in [0.29, 0.717) is 12.2 Å². The fraction of sp³-hybridized carbons (Fsp3) is 0.250. The summed E-state index contributed by atoms with van der Waals surface area (Å²) in [6, 6.07) is 10.8. The molecule has 1 atom stereocenters. The van der Waals surface area contributed by atoms with Crippen LogP contribution in [0.25, 0.3) is 11.4 Å². The molecule has 0 spiro atoms. The number of nitrogens with zero attached hydrogens (tertiary/aromatic N) is 3. The number of likely N-dealkylation sites (tertiary alicyclic amines) is 1. The van der Waals surface area contributed by atoms with E-state index in [-0.39, 0.29) is 30.3 Å². The van der Waals surface area contributed by atoms with Gasteiger partial charge in [0.05, 0.1) is 6.54 Å². The lowest BCUT2D eigenvalue weighted by Gasteiger charge is -2.22. The minimum atomic E-state index is -0.681. The zero-order chi connectivity index (χ0) is 19.0. The predicted octanol–water partition coefficient (Wildman–Crippen LogP) is 4.19. The van der Waals surface area contributed by atoms with Crippen molar-refractivity contribution in [1.29, 1.82) is 0 Å². The Bertz CT molecular complexity index is 982. The van der Waals surface area contributed by atoms with Crippen LogP contribution in [0.5, 0.6) is 0 Å². The first-order valence-corrected chi connectivity index (χ1v) is 8.66. The third kappa shape index (κ3) is 3.32. The molecule has 2 aromatic carbocycles. The summed E-state index contributed by atoms with van der Waals surface area (Å²) in [4.78, 5) is 18.1. The fourth-order valence-corrected chi connectivity index (χ4v) is 3.31. The fourth-order valence-electron chi connectivity index (χ4n) is 3.31. The Labute approximate surface area is 154 Å². The molecule has 0 bridgehead atoms. The second-order valence-corrected chi connectivity index (χ2v) is 6.60. The molecule has 0 radical (unpaired) electrons. The van der Waals surface area contributed by atoms with Gasteiger partial charge in [0.25, 0.3) is 0 Å². The second-order valence-electron chi connectivity index (χ2n) is 6.60. The van der Waals surface area contributed by atoms with Crippen molar-refractivity contribution < 1.29 is 18.1 Å². The molecule has 1 aliphatic heterocycles. The smallest absolute Gasteiger partial charge is 0.249 e. The quantitative estimate of drug-likeness (QED) is 0.692.